The van der Waals surface area contributed by atoms with Gasteiger partial charge < -0.3 is 9.63 Å². The molecule has 0 radical (unpaired) electrons. The number of fused-ring (bicyclic) bond motifs is 1. The van der Waals surface area contributed by atoms with Gasteiger partial charge in [-0.05, 0) is 52.5 Å². The molecule has 2 rings (SSSR count). The number of rotatable bonds is 9. The highest BCUT2D eigenvalue weighted by atomic mass is 35.5. The number of unbranched alkanes of at least 4 members (excludes halogenated alkanes) is 1. The number of nitrogens with zero attached hydrogens (tertiary/aromatic N) is 1. The third-order valence-corrected chi connectivity index (χ3v) is 12.4. The van der Waals surface area contributed by atoms with Crippen molar-refractivity contribution in [1.82, 2.24) is 0 Å². The molecule has 2 aromatic carbocycles. The fraction of sp³-hybridized carbons (Fsp3) is 0.542. The largest absolute Gasteiger partial charge is 0.542 e. The summed E-state index contributed by atoms with van der Waals surface area (Å²) in [6, 6.07) is 8.12. The van der Waals surface area contributed by atoms with Crippen LogP contribution in [-0.2, 0) is 6.42 Å². The van der Waals surface area contributed by atoms with Gasteiger partial charge in [-0.25, -0.2) is 0 Å². The molecule has 0 unspecified atom stereocenters. The van der Waals surface area contributed by atoms with Crippen LogP contribution in [0.5, 0.6) is 5.75 Å². The molecule has 3 nitrogen and oxygen atoms in total. The van der Waals surface area contributed by atoms with E-state index in [1.807, 2.05) is 12.1 Å². The first-order chi connectivity index (χ1) is 13.7. The van der Waals surface area contributed by atoms with E-state index in [0.29, 0.717) is 21.6 Å². The fourth-order valence-electron chi connectivity index (χ4n) is 4.87. The number of oxime groups is 1. The standard InChI is InChI=1S/C24H36ClNO2Si/c1-8-9-11-20-14-19-12-10-13-22(25)23(19)21(15-26-27)24(20)28-29(16(2)3,17(4)5)18(6)7/h10,12-18,27H,8-9,11H2,1-7H3/b26-15+. The Morgan fingerprint density at radius 2 is 1.72 bits per heavy atom. The van der Waals surface area contributed by atoms with Crippen LogP contribution in [-0.4, -0.2) is 19.7 Å². The highest BCUT2D eigenvalue weighted by molar-refractivity contribution is 6.78. The Balaban J connectivity index is 2.87. The van der Waals surface area contributed by atoms with Crippen LogP contribution in [0.3, 0.4) is 0 Å². The van der Waals surface area contributed by atoms with Crippen molar-refractivity contribution in [3.05, 3.63) is 40.4 Å². The summed E-state index contributed by atoms with van der Waals surface area (Å²) in [7, 11) is -2.19. The maximum atomic E-state index is 9.47. The Hall–Kier alpha value is -1.52. The first-order valence-corrected chi connectivity index (χ1v) is 13.3. The van der Waals surface area contributed by atoms with Crippen molar-refractivity contribution in [3.8, 4) is 5.75 Å². The van der Waals surface area contributed by atoms with E-state index in [1.165, 1.54) is 11.8 Å². The molecular formula is C24H36ClNO2Si. The van der Waals surface area contributed by atoms with E-state index < -0.39 is 8.32 Å². The maximum absolute atomic E-state index is 9.47. The first kappa shape index (κ1) is 23.8. The van der Waals surface area contributed by atoms with Gasteiger partial charge in [0.15, 0.2) is 0 Å². The Labute approximate surface area is 182 Å². The molecule has 0 saturated carbocycles. The van der Waals surface area contributed by atoms with Gasteiger partial charge in [0, 0.05) is 16.0 Å². The fourth-order valence-corrected chi connectivity index (χ4v) is 10.5. The molecule has 5 heteroatoms. The molecule has 0 aromatic heterocycles. The normalized spacial score (nSPS) is 12.8. The molecule has 160 valence electrons. The molecule has 0 aliphatic carbocycles. The molecule has 0 spiro atoms. The topological polar surface area (TPSA) is 41.8 Å². The quantitative estimate of drug-likeness (QED) is 0.187. The summed E-state index contributed by atoms with van der Waals surface area (Å²) in [6.07, 6.45) is 4.62. The van der Waals surface area contributed by atoms with E-state index in [2.05, 4.69) is 65.8 Å². The monoisotopic (exact) mass is 433 g/mol. The molecule has 29 heavy (non-hydrogen) atoms. The van der Waals surface area contributed by atoms with Crippen LogP contribution in [0, 0.1) is 0 Å². The zero-order chi connectivity index (χ0) is 21.8. The van der Waals surface area contributed by atoms with Crippen LogP contribution in [0.25, 0.3) is 10.8 Å². The Morgan fingerprint density at radius 1 is 1.10 bits per heavy atom. The van der Waals surface area contributed by atoms with E-state index in [0.717, 1.165) is 41.3 Å². The average molecular weight is 434 g/mol. The van der Waals surface area contributed by atoms with Crippen molar-refractivity contribution in [2.24, 2.45) is 5.16 Å². The second kappa shape index (κ2) is 9.99. The number of aryl methyl sites for hydroxylation is 1. The molecule has 0 bridgehead atoms. The van der Waals surface area contributed by atoms with Crippen LogP contribution < -0.4 is 4.43 Å². The van der Waals surface area contributed by atoms with Gasteiger partial charge in [-0.1, -0.05) is 83.8 Å². The van der Waals surface area contributed by atoms with Crippen LogP contribution in [0.4, 0.5) is 0 Å². The molecular weight excluding hydrogens is 398 g/mol. The van der Waals surface area contributed by atoms with Gasteiger partial charge in [0.05, 0.1) is 6.21 Å². The number of hydrogen-bond acceptors (Lipinski definition) is 3. The Kier molecular flexibility index (Phi) is 8.18. The van der Waals surface area contributed by atoms with E-state index in [1.54, 1.807) is 0 Å². The molecule has 0 aliphatic rings. The summed E-state index contributed by atoms with van der Waals surface area (Å²) in [5.74, 6) is 0.861. The third-order valence-electron chi connectivity index (χ3n) is 6.15. The van der Waals surface area contributed by atoms with Gasteiger partial charge in [0.2, 0.25) is 0 Å². The predicted molar refractivity (Wildman–Crippen MR) is 129 cm³/mol. The third kappa shape index (κ3) is 4.64. The predicted octanol–water partition coefficient (Wildman–Crippen LogP) is 8.20. The average Bonchev–Trinajstić information content (AvgIpc) is 2.64. The molecule has 0 fully saturated rings. The summed E-state index contributed by atoms with van der Waals surface area (Å²) in [5.41, 5.74) is 3.31. The lowest BCUT2D eigenvalue weighted by molar-refractivity contribution is 0.321. The minimum absolute atomic E-state index is 0.447. The van der Waals surface area contributed by atoms with Crippen LogP contribution in [0.1, 0.15) is 72.4 Å². The van der Waals surface area contributed by atoms with Crippen molar-refractivity contribution in [3.63, 3.8) is 0 Å². The SMILES string of the molecule is CCCCc1cc2cccc(Cl)c2c(/C=N/O)c1O[Si](C(C)C)(C(C)C)C(C)C. The highest BCUT2D eigenvalue weighted by Gasteiger charge is 2.47. The van der Waals surface area contributed by atoms with E-state index in [4.69, 9.17) is 16.0 Å². The van der Waals surface area contributed by atoms with Crippen molar-refractivity contribution in [2.45, 2.75) is 84.4 Å². The van der Waals surface area contributed by atoms with E-state index >= 15 is 0 Å². The zero-order valence-electron chi connectivity index (χ0n) is 18.9. The van der Waals surface area contributed by atoms with Gasteiger partial charge >= 0.3 is 0 Å². The molecule has 1 N–H and O–H groups in total. The smallest absolute Gasteiger partial charge is 0.258 e. The number of hydrogen-bond donors (Lipinski definition) is 1. The van der Waals surface area contributed by atoms with Gasteiger partial charge in [-0.3, -0.25) is 0 Å². The summed E-state index contributed by atoms with van der Waals surface area (Å²) in [6.45, 7) is 15.9. The molecule has 0 amide bonds. The maximum Gasteiger partial charge on any atom is 0.258 e. The van der Waals surface area contributed by atoms with E-state index in [9.17, 15) is 5.21 Å². The second-order valence-corrected chi connectivity index (χ2v) is 14.7. The second-order valence-electron chi connectivity index (χ2n) is 8.88. The molecule has 0 aliphatic heterocycles. The number of benzene rings is 2. The lowest BCUT2D eigenvalue weighted by Crippen LogP contribution is -2.51. The molecule has 2 aromatic rings. The summed E-state index contributed by atoms with van der Waals surface area (Å²) in [5, 5.41) is 15.5. The Bertz CT molecular complexity index is 840. The minimum atomic E-state index is -2.19. The van der Waals surface area contributed by atoms with Gasteiger partial charge in [-0.15, -0.1) is 0 Å². The van der Waals surface area contributed by atoms with Crippen LogP contribution in [0.2, 0.25) is 21.6 Å². The number of halogens is 1. The summed E-state index contributed by atoms with van der Waals surface area (Å²) >= 11 is 6.60. The van der Waals surface area contributed by atoms with Crippen molar-refractivity contribution in [2.75, 3.05) is 0 Å². The summed E-state index contributed by atoms with van der Waals surface area (Å²) < 4.78 is 7.14. The minimum Gasteiger partial charge on any atom is -0.542 e. The van der Waals surface area contributed by atoms with Crippen LogP contribution >= 0.6 is 11.6 Å². The van der Waals surface area contributed by atoms with Gasteiger partial charge in [-0.2, -0.15) is 0 Å². The van der Waals surface area contributed by atoms with Crippen molar-refractivity contribution >= 4 is 36.9 Å². The summed E-state index contributed by atoms with van der Waals surface area (Å²) in [4.78, 5) is 0. The molecule has 0 heterocycles. The van der Waals surface area contributed by atoms with Gasteiger partial charge in [0.1, 0.15) is 5.75 Å². The van der Waals surface area contributed by atoms with E-state index in [-0.39, 0.29) is 0 Å². The zero-order valence-corrected chi connectivity index (χ0v) is 20.7. The van der Waals surface area contributed by atoms with Crippen molar-refractivity contribution in [1.29, 1.82) is 0 Å². The lowest BCUT2D eigenvalue weighted by atomic mass is 9.97. The lowest BCUT2D eigenvalue weighted by Gasteiger charge is -2.43. The highest BCUT2D eigenvalue weighted by Crippen LogP contribution is 2.46. The van der Waals surface area contributed by atoms with Gasteiger partial charge in [0.25, 0.3) is 8.32 Å². The van der Waals surface area contributed by atoms with Crippen LogP contribution in [0.15, 0.2) is 29.4 Å². The molecule has 0 atom stereocenters. The molecule has 0 saturated heterocycles. The first-order valence-electron chi connectivity index (χ1n) is 10.8. The van der Waals surface area contributed by atoms with Crippen molar-refractivity contribution < 1.29 is 9.63 Å². The Morgan fingerprint density at radius 3 is 2.24 bits per heavy atom.